The van der Waals surface area contributed by atoms with Gasteiger partial charge in [0.05, 0.1) is 17.7 Å². The Balaban J connectivity index is 1.52. The molecule has 0 bridgehead atoms. The number of ketones is 1. The van der Waals surface area contributed by atoms with E-state index in [1.165, 1.54) is 27.9 Å². The van der Waals surface area contributed by atoms with Crippen molar-refractivity contribution in [2.24, 2.45) is 0 Å². The van der Waals surface area contributed by atoms with Crippen LogP contribution in [0.15, 0.2) is 47.6 Å². The minimum atomic E-state index is -3.32. The van der Waals surface area contributed by atoms with E-state index in [4.69, 9.17) is 0 Å². The second kappa shape index (κ2) is 8.47. The summed E-state index contributed by atoms with van der Waals surface area (Å²) in [5.41, 5.74) is 4.28. The van der Waals surface area contributed by atoms with Crippen molar-refractivity contribution in [2.75, 3.05) is 22.9 Å². The van der Waals surface area contributed by atoms with Crippen molar-refractivity contribution in [3.05, 3.63) is 65.0 Å². The van der Waals surface area contributed by atoms with Crippen molar-refractivity contribution in [3.8, 4) is 5.69 Å². The Hall–Kier alpha value is -2.65. The van der Waals surface area contributed by atoms with Crippen LogP contribution in [-0.2, 0) is 16.4 Å². The number of thioether (sulfide) groups is 1. The fourth-order valence-electron chi connectivity index (χ4n) is 3.72. The van der Waals surface area contributed by atoms with Gasteiger partial charge < -0.3 is 0 Å². The number of hydrogen-bond acceptors (Lipinski definition) is 6. The monoisotopic (exact) mass is 456 g/mol. The number of hydrogen-bond donors (Lipinski definition) is 0. The first-order valence-corrected chi connectivity index (χ1v) is 12.8. The van der Waals surface area contributed by atoms with Crippen LogP contribution in [0.3, 0.4) is 0 Å². The molecule has 0 unspecified atom stereocenters. The fourth-order valence-corrected chi connectivity index (χ4v) is 5.61. The first kappa shape index (κ1) is 21.6. The van der Waals surface area contributed by atoms with Crippen LogP contribution in [0, 0.1) is 13.8 Å². The number of rotatable bonds is 6. The second-order valence-corrected chi connectivity index (χ2v) is 10.5. The van der Waals surface area contributed by atoms with E-state index in [0.717, 1.165) is 29.9 Å². The molecule has 0 radical (unpaired) electrons. The second-order valence-electron chi connectivity index (χ2n) is 7.69. The van der Waals surface area contributed by atoms with Crippen LogP contribution in [0.1, 0.15) is 33.7 Å². The zero-order valence-electron chi connectivity index (χ0n) is 17.7. The van der Waals surface area contributed by atoms with E-state index >= 15 is 0 Å². The molecule has 162 valence electrons. The van der Waals surface area contributed by atoms with Crippen LogP contribution in [0.2, 0.25) is 0 Å². The Kier molecular flexibility index (Phi) is 5.90. The molecule has 0 N–H and O–H groups in total. The maximum atomic E-state index is 12.9. The molecule has 3 aromatic rings. The molecule has 1 aliphatic heterocycles. The van der Waals surface area contributed by atoms with Crippen molar-refractivity contribution in [1.29, 1.82) is 0 Å². The Labute approximate surface area is 186 Å². The van der Waals surface area contributed by atoms with E-state index in [9.17, 15) is 13.2 Å². The third-order valence-electron chi connectivity index (χ3n) is 5.30. The number of sulfonamides is 1. The van der Waals surface area contributed by atoms with Gasteiger partial charge in [0.15, 0.2) is 10.9 Å². The molecule has 1 aromatic heterocycles. The van der Waals surface area contributed by atoms with E-state index in [0.29, 0.717) is 23.0 Å². The van der Waals surface area contributed by atoms with E-state index in [-0.39, 0.29) is 11.5 Å². The van der Waals surface area contributed by atoms with Gasteiger partial charge in [0.25, 0.3) is 0 Å². The summed E-state index contributed by atoms with van der Waals surface area (Å²) in [6.45, 7) is 4.39. The van der Waals surface area contributed by atoms with Crippen LogP contribution >= 0.6 is 11.8 Å². The molecule has 4 rings (SSSR count). The highest BCUT2D eigenvalue weighted by Crippen LogP contribution is 2.30. The number of Topliss-reactive ketones (excluding diaryl/α,β-unsaturated/α-hetero) is 1. The lowest BCUT2D eigenvalue weighted by Gasteiger charge is -2.29. The van der Waals surface area contributed by atoms with Crippen molar-refractivity contribution in [1.82, 2.24) is 14.8 Å². The van der Waals surface area contributed by atoms with Crippen LogP contribution < -0.4 is 4.31 Å². The molecule has 0 aliphatic carbocycles. The van der Waals surface area contributed by atoms with Gasteiger partial charge in [-0.15, -0.1) is 10.2 Å². The van der Waals surface area contributed by atoms with Gasteiger partial charge >= 0.3 is 0 Å². The average Bonchev–Trinajstić information content (AvgIpc) is 3.11. The molecule has 0 spiro atoms. The number of nitrogens with zero attached hydrogens (tertiary/aromatic N) is 4. The zero-order valence-corrected chi connectivity index (χ0v) is 19.3. The molecule has 0 fully saturated rings. The largest absolute Gasteiger partial charge is 0.293 e. The Bertz CT molecular complexity index is 1230. The normalized spacial score (nSPS) is 13.8. The van der Waals surface area contributed by atoms with Gasteiger partial charge in [-0.3, -0.25) is 13.7 Å². The van der Waals surface area contributed by atoms with E-state index in [1.807, 2.05) is 48.7 Å². The number of anilines is 1. The maximum Gasteiger partial charge on any atom is 0.232 e. The summed E-state index contributed by atoms with van der Waals surface area (Å²) < 4.78 is 27.4. The molecule has 0 atom stereocenters. The third-order valence-corrected chi connectivity index (χ3v) is 7.41. The Morgan fingerprint density at radius 3 is 2.55 bits per heavy atom. The summed E-state index contributed by atoms with van der Waals surface area (Å²) in [6.07, 6.45) is 2.71. The SMILES string of the molecule is Cc1ccc(-n2c(C)nnc2SCC(=O)c2ccc3c(c2)CCCN3S(C)(=O)=O)cc1. The van der Waals surface area contributed by atoms with Crippen LogP contribution in [0.5, 0.6) is 0 Å². The third kappa shape index (κ3) is 4.52. The van der Waals surface area contributed by atoms with Gasteiger partial charge in [0.1, 0.15) is 5.82 Å². The van der Waals surface area contributed by atoms with Gasteiger partial charge in [-0.05, 0) is 62.6 Å². The zero-order chi connectivity index (χ0) is 22.2. The molecule has 0 amide bonds. The molecule has 1 aliphatic rings. The molecule has 7 nitrogen and oxygen atoms in total. The van der Waals surface area contributed by atoms with Crippen LogP contribution in [0.25, 0.3) is 5.69 Å². The first-order valence-electron chi connectivity index (χ1n) is 10.00. The standard InChI is InChI=1S/C22H24N4O3S2/c1-15-6-9-19(10-7-15)26-16(2)23-24-22(26)30-14-21(27)18-8-11-20-17(13-18)5-4-12-25(20)31(3,28)29/h6-11,13H,4-5,12,14H2,1-3H3. The number of carbonyl (C=O) groups excluding carboxylic acids is 1. The summed E-state index contributed by atoms with van der Waals surface area (Å²) in [7, 11) is -3.32. The maximum absolute atomic E-state index is 12.9. The number of aryl methyl sites for hydroxylation is 3. The lowest BCUT2D eigenvalue weighted by Crippen LogP contribution is -2.34. The number of aromatic nitrogens is 3. The smallest absolute Gasteiger partial charge is 0.232 e. The lowest BCUT2D eigenvalue weighted by atomic mass is 9.99. The predicted molar refractivity (Wildman–Crippen MR) is 123 cm³/mol. The van der Waals surface area contributed by atoms with Crippen molar-refractivity contribution in [3.63, 3.8) is 0 Å². The van der Waals surface area contributed by atoms with Gasteiger partial charge in [0.2, 0.25) is 10.0 Å². The number of benzene rings is 2. The highest BCUT2D eigenvalue weighted by molar-refractivity contribution is 7.99. The molecule has 0 saturated heterocycles. The van der Waals surface area contributed by atoms with E-state index in [2.05, 4.69) is 10.2 Å². The molecule has 0 saturated carbocycles. The minimum Gasteiger partial charge on any atom is -0.293 e. The Morgan fingerprint density at radius 2 is 1.84 bits per heavy atom. The molecule has 9 heteroatoms. The fraction of sp³-hybridized carbons (Fsp3) is 0.318. The molecule has 31 heavy (non-hydrogen) atoms. The van der Waals surface area contributed by atoms with Crippen molar-refractivity contribution in [2.45, 2.75) is 31.8 Å². The highest BCUT2D eigenvalue weighted by Gasteiger charge is 2.25. The lowest BCUT2D eigenvalue weighted by molar-refractivity contribution is 0.102. The van der Waals surface area contributed by atoms with Crippen molar-refractivity contribution >= 4 is 33.3 Å². The summed E-state index contributed by atoms with van der Waals surface area (Å²) in [6, 6.07) is 13.4. The highest BCUT2D eigenvalue weighted by atomic mass is 32.2. The molecule has 2 aromatic carbocycles. The molecular weight excluding hydrogens is 432 g/mol. The summed E-state index contributed by atoms with van der Waals surface area (Å²) in [4.78, 5) is 12.9. The van der Waals surface area contributed by atoms with Gasteiger partial charge in [-0.1, -0.05) is 29.5 Å². The number of fused-ring (bicyclic) bond motifs is 1. The van der Waals surface area contributed by atoms with E-state index < -0.39 is 10.0 Å². The topological polar surface area (TPSA) is 85.2 Å². The molecular formula is C22H24N4O3S2. The summed E-state index contributed by atoms with van der Waals surface area (Å²) in [5, 5.41) is 9.07. The van der Waals surface area contributed by atoms with Crippen LogP contribution in [-0.4, -0.2) is 47.5 Å². The summed E-state index contributed by atoms with van der Waals surface area (Å²) in [5.74, 6) is 0.951. The summed E-state index contributed by atoms with van der Waals surface area (Å²) >= 11 is 1.35. The quantitative estimate of drug-likeness (QED) is 0.416. The number of carbonyl (C=O) groups is 1. The van der Waals surface area contributed by atoms with Gasteiger partial charge in [0, 0.05) is 17.8 Å². The van der Waals surface area contributed by atoms with Gasteiger partial charge in [-0.25, -0.2) is 8.42 Å². The van der Waals surface area contributed by atoms with E-state index in [1.54, 1.807) is 12.1 Å². The predicted octanol–water partition coefficient (Wildman–Crippen LogP) is 3.57. The first-order chi connectivity index (χ1) is 14.7. The van der Waals surface area contributed by atoms with Crippen LogP contribution in [0.4, 0.5) is 5.69 Å². The van der Waals surface area contributed by atoms with Gasteiger partial charge in [-0.2, -0.15) is 0 Å². The Morgan fingerprint density at radius 1 is 1.10 bits per heavy atom. The van der Waals surface area contributed by atoms with Crippen molar-refractivity contribution < 1.29 is 13.2 Å². The average molecular weight is 457 g/mol. The minimum absolute atomic E-state index is 0.0274. The molecule has 2 heterocycles.